The smallest absolute Gasteiger partial charge is 0.211 e. The molecule has 0 rings (SSSR count). The summed E-state index contributed by atoms with van der Waals surface area (Å²) in [7, 11) is -3.10. The van der Waals surface area contributed by atoms with Crippen molar-refractivity contribution < 1.29 is 13.2 Å². The van der Waals surface area contributed by atoms with Crippen LogP contribution in [0.5, 0.6) is 0 Å². The highest BCUT2D eigenvalue weighted by molar-refractivity contribution is 14.0. The van der Waals surface area contributed by atoms with Crippen LogP contribution in [0.4, 0.5) is 0 Å². The van der Waals surface area contributed by atoms with Gasteiger partial charge in [-0.3, -0.25) is 4.99 Å². The number of rotatable bonds is 12. The summed E-state index contributed by atoms with van der Waals surface area (Å²) in [5, 5.41) is 6.39. The van der Waals surface area contributed by atoms with Crippen LogP contribution >= 0.6 is 24.0 Å². The Bertz CT molecular complexity index is 405. The van der Waals surface area contributed by atoms with Gasteiger partial charge in [0, 0.05) is 45.9 Å². The van der Waals surface area contributed by atoms with Crippen LogP contribution in [0.1, 0.15) is 33.6 Å². The van der Waals surface area contributed by atoms with Crippen molar-refractivity contribution in [2.24, 2.45) is 4.99 Å². The lowest BCUT2D eigenvalue weighted by Crippen LogP contribution is -2.39. The van der Waals surface area contributed by atoms with Gasteiger partial charge < -0.3 is 15.4 Å². The van der Waals surface area contributed by atoms with E-state index in [1.807, 2.05) is 20.8 Å². The number of ether oxygens (including phenoxy) is 1. The van der Waals surface area contributed by atoms with Crippen LogP contribution in [0, 0.1) is 0 Å². The first-order chi connectivity index (χ1) is 10.5. The summed E-state index contributed by atoms with van der Waals surface area (Å²) in [5.41, 5.74) is 0. The molecule has 0 aromatic carbocycles. The van der Waals surface area contributed by atoms with Gasteiger partial charge in [-0.1, -0.05) is 6.92 Å². The van der Waals surface area contributed by atoms with Gasteiger partial charge in [0.1, 0.15) is 0 Å². The Morgan fingerprint density at radius 3 is 2.39 bits per heavy atom. The molecule has 0 saturated heterocycles. The van der Waals surface area contributed by atoms with Crippen LogP contribution in [0.3, 0.4) is 0 Å². The molecular formula is C14H33IN4O3S. The number of hydrogen-bond acceptors (Lipinski definition) is 4. The molecule has 0 atom stereocenters. The number of sulfonamides is 1. The number of nitrogens with zero attached hydrogens (tertiary/aromatic N) is 2. The predicted molar refractivity (Wildman–Crippen MR) is 107 cm³/mol. The molecule has 0 unspecified atom stereocenters. The van der Waals surface area contributed by atoms with Gasteiger partial charge in [-0.2, -0.15) is 0 Å². The number of guanidine groups is 1. The van der Waals surface area contributed by atoms with Crippen LogP contribution in [-0.4, -0.2) is 70.9 Å². The molecule has 7 nitrogen and oxygen atoms in total. The van der Waals surface area contributed by atoms with Gasteiger partial charge in [-0.15, -0.1) is 24.0 Å². The fraction of sp³-hybridized carbons (Fsp3) is 0.929. The highest BCUT2D eigenvalue weighted by atomic mass is 127. The van der Waals surface area contributed by atoms with Gasteiger partial charge in [-0.25, -0.2) is 12.7 Å². The minimum atomic E-state index is -3.10. The van der Waals surface area contributed by atoms with Gasteiger partial charge >= 0.3 is 0 Å². The summed E-state index contributed by atoms with van der Waals surface area (Å²) >= 11 is 0. The van der Waals surface area contributed by atoms with Gasteiger partial charge in [-0.05, 0) is 26.7 Å². The fourth-order valence-electron chi connectivity index (χ4n) is 1.86. The maximum absolute atomic E-state index is 11.5. The monoisotopic (exact) mass is 464 g/mol. The molecule has 9 heteroatoms. The van der Waals surface area contributed by atoms with E-state index < -0.39 is 10.0 Å². The lowest BCUT2D eigenvalue weighted by atomic mass is 10.4. The maximum atomic E-state index is 11.5. The van der Waals surface area contributed by atoms with E-state index in [9.17, 15) is 8.42 Å². The number of nitrogens with one attached hydrogen (secondary N) is 2. The minimum absolute atomic E-state index is 0. The molecule has 0 aromatic heterocycles. The molecule has 140 valence electrons. The van der Waals surface area contributed by atoms with E-state index in [-0.39, 0.29) is 24.0 Å². The topological polar surface area (TPSA) is 83.0 Å². The van der Waals surface area contributed by atoms with Crippen molar-refractivity contribution in [2.45, 2.75) is 33.6 Å². The van der Waals surface area contributed by atoms with E-state index in [4.69, 9.17) is 4.74 Å². The summed E-state index contributed by atoms with van der Waals surface area (Å²) in [6.45, 7) is 10.5. The minimum Gasteiger partial charge on any atom is -0.382 e. The maximum Gasteiger partial charge on any atom is 0.211 e. The molecule has 23 heavy (non-hydrogen) atoms. The quantitative estimate of drug-likeness (QED) is 0.197. The van der Waals surface area contributed by atoms with Crippen molar-refractivity contribution in [3.05, 3.63) is 0 Å². The standard InChI is InChI=1S/C14H32N4O3S.HI/c1-5-15-14(17-11-9-13-21-7-3)16-10-8-12-18(6-2)22(4,19)20;/h5-13H2,1-4H3,(H2,15,16,17);1H. The molecule has 0 saturated carbocycles. The first kappa shape index (κ1) is 25.1. The van der Waals surface area contributed by atoms with E-state index >= 15 is 0 Å². The van der Waals surface area contributed by atoms with Gasteiger partial charge in [0.25, 0.3) is 0 Å². The van der Waals surface area contributed by atoms with Gasteiger partial charge in [0.05, 0.1) is 6.26 Å². The largest absolute Gasteiger partial charge is 0.382 e. The van der Waals surface area contributed by atoms with Crippen LogP contribution in [0.2, 0.25) is 0 Å². The lowest BCUT2D eigenvalue weighted by Gasteiger charge is -2.18. The third kappa shape index (κ3) is 14.0. The Morgan fingerprint density at radius 2 is 1.87 bits per heavy atom. The first-order valence-electron chi connectivity index (χ1n) is 8.00. The van der Waals surface area contributed by atoms with E-state index in [1.54, 1.807) is 0 Å². The average molecular weight is 464 g/mol. The molecule has 0 aliphatic rings. The van der Waals surface area contributed by atoms with Crippen molar-refractivity contribution >= 4 is 40.0 Å². The lowest BCUT2D eigenvalue weighted by molar-refractivity contribution is 0.146. The zero-order valence-electron chi connectivity index (χ0n) is 14.8. The van der Waals surface area contributed by atoms with Crippen molar-refractivity contribution in [3.63, 3.8) is 0 Å². The first-order valence-corrected chi connectivity index (χ1v) is 9.85. The van der Waals surface area contributed by atoms with Crippen molar-refractivity contribution in [3.8, 4) is 0 Å². The van der Waals surface area contributed by atoms with Crippen molar-refractivity contribution in [1.82, 2.24) is 14.9 Å². The number of halogens is 1. The third-order valence-corrected chi connectivity index (χ3v) is 4.34. The van der Waals surface area contributed by atoms with Crippen molar-refractivity contribution in [2.75, 3.05) is 52.2 Å². The number of aliphatic imine (C=N–C) groups is 1. The third-order valence-electron chi connectivity index (χ3n) is 2.96. The summed E-state index contributed by atoms with van der Waals surface area (Å²) < 4.78 is 29.7. The molecule has 0 aliphatic carbocycles. The zero-order valence-corrected chi connectivity index (χ0v) is 17.9. The highest BCUT2D eigenvalue weighted by Gasteiger charge is 2.13. The van der Waals surface area contributed by atoms with E-state index in [0.717, 1.165) is 38.6 Å². The van der Waals surface area contributed by atoms with Crippen LogP contribution < -0.4 is 10.6 Å². The van der Waals surface area contributed by atoms with E-state index in [2.05, 4.69) is 15.6 Å². The fourth-order valence-corrected chi connectivity index (χ4v) is 2.79. The normalized spacial score (nSPS) is 12.1. The Labute approximate surface area is 158 Å². The Morgan fingerprint density at radius 1 is 1.17 bits per heavy atom. The molecule has 0 bridgehead atoms. The van der Waals surface area contributed by atoms with Crippen LogP contribution in [-0.2, 0) is 14.8 Å². The molecule has 0 spiro atoms. The second kappa shape index (κ2) is 15.4. The molecule has 2 N–H and O–H groups in total. The SMILES string of the molecule is CCNC(=NCCCOCC)NCCCN(CC)S(C)(=O)=O.I. The summed E-state index contributed by atoms with van der Waals surface area (Å²) in [6.07, 6.45) is 2.88. The molecule has 0 heterocycles. The van der Waals surface area contributed by atoms with Gasteiger partial charge in [0.15, 0.2) is 5.96 Å². The molecule has 0 amide bonds. The van der Waals surface area contributed by atoms with E-state index in [1.165, 1.54) is 10.6 Å². The summed E-state index contributed by atoms with van der Waals surface area (Å²) in [6, 6.07) is 0. The zero-order chi connectivity index (χ0) is 16.8. The van der Waals surface area contributed by atoms with Crippen LogP contribution in [0.25, 0.3) is 0 Å². The predicted octanol–water partition coefficient (Wildman–Crippen LogP) is 1.26. The number of hydrogen-bond donors (Lipinski definition) is 2. The second-order valence-corrected chi connectivity index (χ2v) is 6.83. The van der Waals surface area contributed by atoms with E-state index in [0.29, 0.717) is 26.2 Å². The molecule has 0 aliphatic heterocycles. The van der Waals surface area contributed by atoms with Crippen LogP contribution in [0.15, 0.2) is 4.99 Å². The molecule has 0 radical (unpaired) electrons. The van der Waals surface area contributed by atoms with Crippen molar-refractivity contribution in [1.29, 1.82) is 0 Å². The Hall–Kier alpha value is -0.130. The highest BCUT2D eigenvalue weighted by Crippen LogP contribution is 1.98. The average Bonchev–Trinajstić information content (AvgIpc) is 2.45. The second-order valence-electron chi connectivity index (χ2n) is 4.85. The molecular weight excluding hydrogens is 431 g/mol. The Balaban J connectivity index is 0. The molecule has 0 aromatic rings. The molecule has 0 fully saturated rings. The van der Waals surface area contributed by atoms with Gasteiger partial charge in [0.2, 0.25) is 10.0 Å². The Kier molecular flexibility index (Phi) is 16.8. The summed E-state index contributed by atoms with van der Waals surface area (Å²) in [5.74, 6) is 0.765. The summed E-state index contributed by atoms with van der Waals surface area (Å²) in [4.78, 5) is 4.45.